The molecule has 1 aromatic heterocycles. The number of benzene rings is 1. The number of rotatable bonds is 8. The van der Waals surface area contributed by atoms with Crippen LogP contribution in [0.15, 0.2) is 18.2 Å². The van der Waals surface area contributed by atoms with Gasteiger partial charge in [0.15, 0.2) is 11.6 Å². The van der Waals surface area contributed by atoms with Gasteiger partial charge in [-0.1, -0.05) is 37.0 Å². The number of nitrogens with zero attached hydrogens (tertiary/aromatic N) is 2. The topological polar surface area (TPSA) is 80.5 Å². The number of nitrogens with one attached hydrogen (secondary N) is 1. The number of ether oxygens (including phenoxy) is 1. The largest absolute Gasteiger partial charge is 0.454 e. The molecule has 2 heterocycles. The van der Waals surface area contributed by atoms with Gasteiger partial charge in [0.1, 0.15) is 15.8 Å². The van der Waals surface area contributed by atoms with Crippen LogP contribution in [0.5, 0.6) is 11.5 Å². The number of carbonyl (C=O) groups is 1. The molecule has 2 aromatic rings. The molecule has 0 radical (unpaired) electrons. The smallest absolute Gasteiger partial charge is 0.237 e. The highest BCUT2D eigenvalue weighted by molar-refractivity contribution is 6.38. The fourth-order valence-corrected chi connectivity index (χ4v) is 3.82. The summed E-state index contributed by atoms with van der Waals surface area (Å²) in [6.07, 6.45) is 2.18. The van der Waals surface area contributed by atoms with Crippen LogP contribution in [0.2, 0.25) is 10.0 Å². The predicted octanol–water partition coefficient (Wildman–Crippen LogP) is 5.45. The average molecular weight is 455 g/mol. The quantitative estimate of drug-likeness (QED) is 0.314. The van der Waals surface area contributed by atoms with Crippen LogP contribution >= 0.6 is 23.2 Å². The lowest BCUT2D eigenvalue weighted by molar-refractivity contribution is -0.127. The van der Waals surface area contributed by atoms with E-state index in [0.29, 0.717) is 37.4 Å². The van der Waals surface area contributed by atoms with Crippen LogP contribution in [0.4, 0.5) is 15.9 Å². The molecule has 0 unspecified atom stereocenters. The maximum atomic E-state index is 14.3. The Labute approximate surface area is 185 Å². The Morgan fingerprint density at radius 1 is 1.33 bits per heavy atom. The van der Waals surface area contributed by atoms with E-state index in [9.17, 15) is 9.18 Å². The van der Waals surface area contributed by atoms with Crippen molar-refractivity contribution in [2.75, 3.05) is 30.7 Å². The third-order valence-corrected chi connectivity index (χ3v) is 5.64. The van der Waals surface area contributed by atoms with Gasteiger partial charge in [0.05, 0.1) is 0 Å². The van der Waals surface area contributed by atoms with Crippen LogP contribution in [0.3, 0.4) is 0 Å². The van der Waals surface area contributed by atoms with Gasteiger partial charge in [0, 0.05) is 31.7 Å². The van der Waals surface area contributed by atoms with Crippen LogP contribution in [0.1, 0.15) is 44.6 Å². The SMILES string of the molecule is CC(C)c1cc(Oc2c(Cl)c(F)nc(NCCCN3CCCC3=O)c2Cl)ccc1N. The van der Waals surface area contributed by atoms with E-state index in [-0.39, 0.29) is 33.4 Å². The number of hydrogen-bond donors (Lipinski definition) is 2. The summed E-state index contributed by atoms with van der Waals surface area (Å²) in [6.45, 7) is 5.91. The first-order valence-corrected chi connectivity index (χ1v) is 10.7. The van der Waals surface area contributed by atoms with Crippen molar-refractivity contribution in [1.82, 2.24) is 9.88 Å². The molecule has 162 valence electrons. The molecule has 1 aromatic carbocycles. The monoisotopic (exact) mass is 454 g/mol. The van der Waals surface area contributed by atoms with Gasteiger partial charge < -0.3 is 20.7 Å². The van der Waals surface area contributed by atoms with Crippen molar-refractivity contribution in [3.63, 3.8) is 0 Å². The van der Waals surface area contributed by atoms with E-state index in [4.69, 9.17) is 33.7 Å². The van der Waals surface area contributed by atoms with Crippen molar-refractivity contribution >= 4 is 40.6 Å². The molecular formula is C21H25Cl2FN4O2. The third-order valence-electron chi connectivity index (χ3n) is 4.97. The lowest BCUT2D eigenvalue weighted by atomic mass is 10.0. The Kier molecular flexibility index (Phi) is 7.26. The van der Waals surface area contributed by atoms with Gasteiger partial charge in [0.2, 0.25) is 11.9 Å². The summed E-state index contributed by atoms with van der Waals surface area (Å²) in [7, 11) is 0. The molecule has 1 aliphatic rings. The van der Waals surface area contributed by atoms with Gasteiger partial charge in [-0.15, -0.1) is 0 Å². The highest BCUT2D eigenvalue weighted by Crippen LogP contribution is 2.41. The molecule has 0 spiro atoms. The second-order valence-corrected chi connectivity index (χ2v) is 8.28. The number of amides is 1. The van der Waals surface area contributed by atoms with E-state index >= 15 is 0 Å². The van der Waals surface area contributed by atoms with Crippen LogP contribution in [-0.2, 0) is 4.79 Å². The van der Waals surface area contributed by atoms with E-state index in [2.05, 4.69) is 10.3 Å². The minimum atomic E-state index is -0.882. The van der Waals surface area contributed by atoms with Gasteiger partial charge in [0.25, 0.3) is 0 Å². The number of likely N-dealkylation sites (tertiary alicyclic amines) is 1. The summed E-state index contributed by atoms with van der Waals surface area (Å²) in [5.41, 5.74) is 7.56. The Morgan fingerprint density at radius 3 is 2.77 bits per heavy atom. The minimum Gasteiger partial charge on any atom is -0.454 e. The van der Waals surface area contributed by atoms with Crippen molar-refractivity contribution in [2.45, 2.75) is 39.0 Å². The molecule has 1 fully saturated rings. The summed E-state index contributed by atoms with van der Waals surface area (Å²) < 4.78 is 20.1. The lowest BCUT2D eigenvalue weighted by Crippen LogP contribution is -2.27. The Morgan fingerprint density at radius 2 is 2.10 bits per heavy atom. The van der Waals surface area contributed by atoms with Crippen molar-refractivity contribution in [3.05, 3.63) is 39.8 Å². The van der Waals surface area contributed by atoms with Crippen LogP contribution in [-0.4, -0.2) is 35.4 Å². The minimum absolute atomic E-state index is 0.0115. The van der Waals surface area contributed by atoms with E-state index in [1.54, 1.807) is 18.2 Å². The van der Waals surface area contributed by atoms with Gasteiger partial charge in [-0.05, 0) is 42.5 Å². The number of pyridine rings is 1. The molecule has 6 nitrogen and oxygen atoms in total. The standard InChI is InChI=1S/C21H25Cl2FN4O2/c1-12(2)14-11-13(6-7-15(14)25)30-19-17(22)20(24)27-21(18(19)23)26-8-4-10-28-9-3-5-16(28)29/h6-7,11-12H,3-5,8-10,25H2,1-2H3,(H,26,27). The second-order valence-electron chi connectivity index (χ2n) is 7.52. The van der Waals surface area contributed by atoms with Gasteiger partial charge in [-0.25, -0.2) is 0 Å². The molecule has 3 N–H and O–H groups in total. The highest BCUT2D eigenvalue weighted by Gasteiger charge is 2.21. The van der Waals surface area contributed by atoms with E-state index in [0.717, 1.165) is 18.5 Å². The highest BCUT2D eigenvalue weighted by atomic mass is 35.5. The molecule has 0 aliphatic carbocycles. The molecule has 3 rings (SSSR count). The maximum Gasteiger partial charge on any atom is 0.237 e. The van der Waals surface area contributed by atoms with Gasteiger partial charge in [-0.3, -0.25) is 4.79 Å². The number of carbonyl (C=O) groups excluding carboxylic acids is 1. The Bertz CT molecular complexity index is 940. The summed E-state index contributed by atoms with van der Waals surface area (Å²) in [5, 5.41) is 2.79. The molecule has 0 atom stereocenters. The van der Waals surface area contributed by atoms with Crippen LogP contribution < -0.4 is 15.8 Å². The molecule has 30 heavy (non-hydrogen) atoms. The predicted molar refractivity (Wildman–Crippen MR) is 118 cm³/mol. The van der Waals surface area contributed by atoms with Crippen molar-refractivity contribution in [3.8, 4) is 11.5 Å². The Hall–Kier alpha value is -2.25. The Balaban J connectivity index is 1.73. The number of hydrogen-bond acceptors (Lipinski definition) is 5. The second kappa shape index (κ2) is 9.71. The number of anilines is 2. The first-order chi connectivity index (χ1) is 14.3. The van der Waals surface area contributed by atoms with E-state index in [1.807, 2.05) is 18.7 Å². The number of halogens is 3. The van der Waals surface area contributed by atoms with E-state index < -0.39 is 5.95 Å². The summed E-state index contributed by atoms with van der Waals surface area (Å²) in [5.74, 6) is 0.0500. The fraction of sp³-hybridized carbons (Fsp3) is 0.429. The van der Waals surface area contributed by atoms with Crippen LogP contribution in [0, 0.1) is 5.95 Å². The molecule has 9 heteroatoms. The number of nitrogens with two attached hydrogens (primary N) is 1. The average Bonchev–Trinajstić information content (AvgIpc) is 3.12. The molecule has 1 amide bonds. The molecule has 1 aliphatic heterocycles. The fourth-order valence-electron chi connectivity index (χ4n) is 3.35. The molecular weight excluding hydrogens is 430 g/mol. The molecule has 0 bridgehead atoms. The zero-order valence-corrected chi connectivity index (χ0v) is 18.5. The summed E-state index contributed by atoms with van der Waals surface area (Å²) in [4.78, 5) is 17.3. The van der Waals surface area contributed by atoms with E-state index in [1.165, 1.54) is 0 Å². The van der Waals surface area contributed by atoms with Gasteiger partial charge >= 0.3 is 0 Å². The van der Waals surface area contributed by atoms with Crippen LogP contribution in [0.25, 0.3) is 0 Å². The normalized spacial score (nSPS) is 13.9. The number of aromatic nitrogens is 1. The lowest BCUT2D eigenvalue weighted by Gasteiger charge is -2.17. The summed E-state index contributed by atoms with van der Waals surface area (Å²) >= 11 is 12.5. The van der Waals surface area contributed by atoms with Crippen molar-refractivity contribution < 1.29 is 13.9 Å². The third kappa shape index (κ3) is 5.08. The van der Waals surface area contributed by atoms with Crippen molar-refractivity contribution in [2.24, 2.45) is 0 Å². The molecule has 0 saturated carbocycles. The zero-order chi connectivity index (χ0) is 21.8. The summed E-state index contributed by atoms with van der Waals surface area (Å²) in [6, 6.07) is 5.18. The zero-order valence-electron chi connectivity index (χ0n) is 17.0. The first-order valence-electron chi connectivity index (χ1n) is 9.91. The maximum absolute atomic E-state index is 14.3. The van der Waals surface area contributed by atoms with Gasteiger partial charge in [-0.2, -0.15) is 9.37 Å². The first kappa shape index (κ1) is 22.4. The molecule has 1 saturated heterocycles. The number of nitrogen functional groups attached to an aromatic ring is 1. The van der Waals surface area contributed by atoms with Crippen molar-refractivity contribution in [1.29, 1.82) is 0 Å².